The zero-order valence-corrected chi connectivity index (χ0v) is 18.0. The van der Waals surface area contributed by atoms with Crippen LogP contribution in [0.2, 0.25) is 0 Å². The quantitative estimate of drug-likeness (QED) is 0.436. The lowest BCUT2D eigenvalue weighted by molar-refractivity contribution is 0.267. The molecule has 0 aliphatic carbocycles. The molecule has 0 aromatic heterocycles. The van der Waals surface area contributed by atoms with Gasteiger partial charge in [-0.2, -0.15) is 0 Å². The minimum absolute atomic E-state index is 0.457. The van der Waals surface area contributed by atoms with Crippen molar-refractivity contribution in [3.8, 4) is 11.5 Å². The summed E-state index contributed by atoms with van der Waals surface area (Å²) in [6.45, 7) is 10.0. The van der Waals surface area contributed by atoms with Gasteiger partial charge in [0.25, 0.3) is 0 Å². The number of ether oxygens (including phenoxy) is 2. The second kappa shape index (κ2) is 10.9. The lowest BCUT2D eigenvalue weighted by Crippen LogP contribution is -2.21. The topological polar surface area (TPSA) is 38.8 Å². The molecule has 0 aliphatic heterocycles. The van der Waals surface area contributed by atoms with Crippen LogP contribution in [0.4, 0.5) is 16.2 Å². The van der Waals surface area contributed by atoms with Crippen molar-refractivity contribution in [1.82, 2.24) is 0 Å². The maximum atomic E-state index is 12.1. The van der Waals surface area contributed by atoms with Crippen LogP contribution in [0, 0.1) is 11.8 Å². The molecule has 0 atom stereocenters. The molecule has 0 N–H and O–H groups in total. The third kappa shape index (κ3) is 7.04. The highest BCUT2D eigenvalue weighted by Crippen LogP contribution is 2.29. The van der Waals surface area contributed by atoms with Crippen molar-refractivity contribution in [2.45, 2.75) is 40.5 Å². The fraction of sp³-hybridized carbons (Fsp3) is 0.435. The van der Waals surface area contributed by atoms with Gasteiger partial charge in [0.15, 0.2) is 0 Å². The van der Waals surface area contributed by atoms with Gasteiger partial charge >= 0.3 is 0 Å². The SMILES string of the molecule is CC(C)CCOc1ccc(N(C(=O)[S-])c2ccc(OCCC(C)C)cc2)cc1. The van der Waals surface area contributed by atoms with Crippen LogP contribution < -0.4 is 14.4 Å². The highest BCUT2D eigenvalue weighted by Gasteiger charge is 2.11. The smallest absolute Gasteiger partial charge is 0.119 e. The van der Waals surface area contributed by atoms with Gasteiger partial charge < -0.3 is 26.9 Å². The van der Waals surface area contributed by atoms with Crippen molar-refractivity contribution < 1.29 is 14.3 Å². The molecule has 0 aliphatic rings. The van der Waals surface area contributed by atoms with Crippen LogP contribution in [0.1, 0.15) is 40.5 Å². The lowest BCUT2D eigenvalue weighted by atomic mass is 10.1. The Morgan fingerprint density at radius 1 is 0.786 bits per heavy atom. The van der Waals surface area contributed by atoms with Crippen molar-refractivity contribution in [1.29, 1.82) is 0 Å². The number of hydrogen-bond donors (Lipinski definition) is 0. The molecule has 28 heavy (non-hydrogen) atoms. The molecule has 4 nitrogen and oxygen atoms in total. The zero-order valence-electron chi connectivity index (χ0n) is 17.2. The van der Waals surface area contributed by atoms with Crippen LogP contribution in [-0.2, 0) is 12.6 Å². The summed E-state index contributed by atoms with van der Waals surface area (Å²) < 4.78 is 11.5. The molecule has 1 amide bonds. The second-order valence-corrected chi connectivity index (χ2v) is 8.00. The van der Waals surface area contributed by atoms with Crippen LogP contribution in [0.3, 0.4) is 0 Å². The van der Waals surface area contributed by atoms with Gasteiger partial charge in [-0.3, -0.25) is 4.90 Å². The standard InChI is InChI=1S/C23H31NO3S/c1-17(2)13-15-26-21-9-5-19(6-10-21)24(23(25)28)20-7-11-22(12-8-20)27-16-14-18(3)4/h5-12,17-18H,13-16H2,1-4H3,(H,25,28)/p-1. The minimum Gasteiger partial charge on any atom is -0.718 e. The average molecular weight is 401 g/mol. The fourth-order valence-corrected chi connectivity index (χ4v) is 2.78. The summed E-state index contributed by atoms with van der Waals surface area (Å²) in [4.78, 5) is 13.6. The van der Waals surface area contributed by atoms with Gasteiger partial charge in [0, 0.05) is 11.4 Å². The number of anilines is 2. The van der Waals surface area contributed by atoms with Crippen molar-refractivity contribution in [2.24, 2.45) is 11.8 Å². The normalized spacial score (nSPS) is 10.9. The van der Waals surface area contributed by atoms with Crippen LogP contribution in [0.25, 0.3) is 0 Å². The first-order valence-corrected chi connectivity index (χ1v) is 10.2. The Kier molecular flexibility index (Phi) is 8.58. The van der Waals surface area contributed by atoms with Crippen LogP contribution in [-0.4, -0.2) is 18.5 Å². The van der Waals surface area contributed by atoms with Crippen LogP contribution in [0.5, 0.6) is 11.5 Å². The first kappa shape index (κ1) is 22.0. The molecule has 0 saturated carbocycles. The van der Waals surface area contributed by atoms with E-state index in [9.17, 15) is 4.79 Å². The van der Waals surface area contributed by atoms with Crippen LogP contribution in [0.15, 0.2) is 48.5 Å². The second-order valence-electron chi connectivity index (χ2n) is 7.65. The number of hydrogen-bond acceptors (Lipinski definition) is 4. The highest BCUT2D eigenvalue weighted by molar-refractivity contribution is 7.77. The molecular weight excluding hydrogens is 370 g/mol. The van der Waals surface area contributed by atoms with Gasteiger partial charge in [0.05, 0.1) is 13.2 Å². The van der Waals surface area contributed by atoms with E-state index in [0.29, 0.717) is 36.4 Å². The Morgan fingerprint density at radius 3 is 1.43 bits per heavy atom. The molecule has 5 heteroatoms. The number of nitrogens with zero attached hydrogens (tertiary/aromatic N) is 1. The van der Waals surface area contributed by atoms with Gasteiger partial charge in [-0.15, -0.1) is 0 Å². The molecule has 0 saturated heterocycles. The molecule has 0 unspecified atom stereocenters. The number of carbonyl (C=O) groups is 1. The Morgan fingerprint density at radius 2 is 1.14 bits per heavy atom. The first-order valence-electron chi connectivity index (χ1n) is 9.83. The maximum absolute atomic E-state index is 12.1. The number of amides is 1. The molecule has 2 aromatic rings. The average Bonchev–Trinajstić information content (AvgIpc) is 2.64. The Labute approximate surface area is 174 Å². The van der Waals surface area contributed by atoms with Crippen molar-refractivity contribution in [3.05, 3.63) is 48.5 Å². The molecular formula is C23H30NO3S-. The Balaban J connectivity index is 2.05. The maximum Gasteiger partial charge on any atom is 0.119 e. The third-order valence-corrected chi connectivity index (χ3v) is 4.48. The van der Waals surface area contributed by atoms with E-state index in [-0.39, 0.29) is 0 Å². The summed E-state index contributed by atoms with van der Waals surface area (Å²) in [5.41, 5.74) is 1.43. The largest absolute Gasteiger partial charge is 0.718 e. The summed E-state index contributed by atoms with van der Waals surface area (Å²) >= 11 is 4.95. The zero-order chi connectivity index (χ0) is 20.5. The van der Waals surface area contributed by atoms with E-state index in [1.54, 1.807) is 0 Å². The highest BCUT2D eigenvalue weighted by atomic mass is 32.1. The monoisotopic (exact) mass is 400 g/mol. The van der Waals surface area contributed by atoms with Crippen molar-refractivity contribution in [2.75, 3.05) is 18.1 Å². The van der Waals surface area contributed by atoms with E-state index < -0.39 is 5.24 Å². The van der Waals surface area contributed by atoms with Gasteiger partial charge in [0.1, 0.15) is 16.7 Å². The summed E-state index contributed by atoms with van der Waals surface area (Å²) in [5.74, 6) is 2.78. The van der Waals surface area contributed by atoms with E-state index in [0.717, 1.165) is 24.3 Å². The molecule has 0 fully saturated rings. The van der Waals surface area contributed by atoms with E-state index in [1.165, 1.54) is 4.90 Å². The molecule has 0 radical (unpaired) electrons. The van der Waals surface area contributed by atoms with Gasteiger partial charge in [-0.1, -0.05) is 27.7 Å². The Hall–Kier alpha value is -2.27. The lowest BCUT2D eigenvalue weighted by Gasteiger charge is -2.27. The van der Waals surface area contributed by atoms with Crippen LogP contribution >= 0.6 is 0 Å². The van der Waals surface area contributed by atoms with Crippen molar-refractivity contribution >= 4 is 29.2 Å². The number of carbonyl (C=O) groups excluding carboxylic acids is 1. The predicted molar refractivity (Wildman–Crippen MR) is 118 cm³/mol. The molecule has 0 heterocycles. The molecule has 2 aromatic carbocycles. The van der Waals surface area contributed by atoms with E-state index >= 15 is 0 Å². The predicted octanol–water partition coefficient (Wildman–Crippen LogP) is 6.34. The summed E-state index contributed by atoms with van der Waals surface area (Å²) in [6, 6.07) is 14.9. The Bertz CT molecular complexity index is 669. The number of benzene rings is 2. The molecule has 2 rings (SSSR count). The van der Waals surface area contributed by atoms with E-state index in [1.807, 2.05) is 48.5 Å². The minimum atomic E-state index is -0.457. The van der Waals surface area contributed by atoms with Gasteiger partial charge in [-0.25, -0.2) is 0 Å². The summed E-state index contributed by atoms with van der Waals surface area (Å²) in [6.07, 6.45) is 2.01. The van der Waals surface area contributed by atoms with Gasteiger partial charge in [-0.05, 0) is 73.2 Å². The van der Waals surface area contributed by atoms with Crippen molar-refractivity contribution in [3.63, 3.8) is 0 Å². The number of rotatable bonds is 10. The van der Waals surface area contributed by atoms with E-state index in [2.05, 4.69) is 27.7 Å². The first-order chi connectivity index (χ1) is 13.4. The summed E-state index contributed by atoms with van der Waals surface area (Å²) in [7, 11) is 0. The molecule has 152 valence electrons. The van der Waals surface area contributed by atoms with Gasteiger partial charge in [0.2, 0.25) is 0 Å². The molecule has 0 bridgehead atoms. The fourth-order valence-electron chi connectivity index (χ4n) is 2.57. The third-order valence-electron chi connectivity index (χ3n) is 4.30. The molecule has 0 spiro atoms. The summed E-state index contributed by atoms with van der Waals surface area (Å²) in [5, 5.41) is -0.457. The van der Waals surface area contributed by atoms with E-state index in [4.69, 9.17) is 22.1 Å².